The first-order valence-corrected chi connectivity index (χ1v) is 8.77. The molecule has 6 nitrogen and oxygen atoms in total. The second-order valence-corrected chi connectivity index (χ2v) is 7.34. The van der Waals surface area contributed by atoms with Crippen LogP contribution in [-0.4, -0.2) is 20.9 Å². The first kappa shape index (κ1) is 18.5. The molecule has 3 rings (SSSR count). The fourth-order valence-electron chi connectivity index (χ4n) is 2.37. The molecular weight excluding hydrogens is 338 g/mol. The van der Waals surface area contributed by atoms with Crippen LogP contribution in [0.4, 0.5) is 17.3 Å². The average Bonchev–Trinajstić information content (AvgIpc) is 2.61. The van der Waals surface area contributed by atoms with Crippen molar-refractivity contribution >= 4 is 23.2 Å². The van der Waals surface area contributed by atoms with E-state index in [1.54, 1.807) is 12.3 Å². The van der Waals surface area contributed by atoms with E-state index in [-0.39, 0.29) is 5.91 Å². The van der Waals surface area contributed by atoms with Gasteiger partial charge >= 0.3 is 0 Å². The fourth-order valence-corrected chi connectivity index (χ4v) is 2.37. The molecule has 0 aliphatic rings. The highest BCUT2D eigenvalue weighted by Crippen LogP contribution is 2.24. The summed E-state index contributed by atoms with van der Waals surface area (Å²) in [5.74, 6) is 1.48. The lowest BCUT2D eigenvalue weighted by Gasteiger charge is -2.18. The number of hydrogen-bond donors (Lipinski definition) is 2. The second kappa shape index (κ2) is 7.53. The number of carbonyl (C=O) groups is 1. The molecule has 0 bridgehead atoms. The molecule has 0 saturated carbocycles. The third-order valence-corrected chi connectivity index (χ3v) is 3.85. The standard InChI is InChI=1S/C21H23N5O/c1-14-12-16(10-11-22-14)23-17-13-18(26-20(27)21(2,3)4)25-19(24-17)15-8-6-5-7-9-15/h5-13H,1-4H3,(H2,22,23,24,25,26,27). The van der Waals surface area contributed by atoms with Crippen molar-refractivity contribution < 1.29 is 4.79 Å². The molecule has 27 heavy (non-hydrogen) atoms. The van der Waals surface area contributed by atoms with Crippen LogP contribution in [0.5, 0.6) is 0 Å². The number of aromatic nitrogens is 3. The van der Waals surface area contributed by atoms with Crippen molar-refractivity contribution in [2.75, 3.05) is 10.6 Å². The van der Waals surface area contributed by atoms with Gasteiger partial charge in [0.2, 0.25) is 5.91 Å². The fraction of sp³-hybridized carbons (Fsp3) is 0.238. The molecule has 0 saturated heterocycles. The van der Waals surface area contributed by atoms with E-state index in [0.717, 1.165) is 16.9 Å². The molecule has 1 amide bonds. The first-order valence-electron chi connectivity index (χ1n) is 8.77. The number of amides is 1. The van der Waals surface area contributed by atoms with Gasteiger partial charge in [-0.05, 0) is 19.1 Å². The Bertz CT molecular complexity index is 948. The monoisotopic (exact) mass is 361 g/mol. The van der Waals surface area contributed by atoms with E-state index in [9.17, 15) is 4.79 Å². The molecule has 0 spiro atoms. The van der Waals surface area contributed by atoms with E-state index < -0.39 is 5.41 Å². The minimum Gasteiger partial charge on any atom is -0.340 e. The highest BCUT2D eigenvalue weighted by atomic mass is 16.2. The zero-order chi connectivity index (χ0) is 19.4. The number of rotatable bonds is 4. The number of benzene rings is 1. The van der Waals surface area contributed by atoms with Crippen molar-refractivity contribution in [3.63, 3.8) is 0 Å². The number of pyridine rings is 1. The molecular formula is C21H23N5O. The average molecular weight is 361 g/mol. The van der Waals surface area contributed by atoms with Gasteiger partial charge in [0.25, 0.3) is 0 Å². The summed E-state index contributed by atoms with van der Waals surface area (Å²) in [4.78, 5) is 25.7. The van der Waals surface area contributed by atoms with Gasteiger partial charge in [0.1, 0.15) is 11.6 Å². The minimum atomic E-state index is -0.520. The van der Waals surface area contributed by atoms with Crippen LogP contribution >= 0.6 is 0 Å². The minimum absolute atomic E-state index is 0.106. The summed E-state index contributed by atoms with van der Waals surface area (Å²) < 4.78 is 0. The number of nitrogens with one attached hydrogen (secondary N) is 2. The van der Waals surface area contributed by atoms with Gasteiger partial charge in [-0.2, -0.15) is 0 Å². The van der Waals surface area contributed by atoms with E-state index >= 15 is 0 Å². The van der Waals surface area contributed by atoms with Gasteiger partial charge < -0.3 is 10.6 Å². The Balaban J connectivity index is 1.99. The van der Waals surface area contributed by atoms with Crippen molar-refractivity contribution in [1.82, 2.24) is 15.0 Å². The zero-order valence-electron chi connectivity index (χ0n) is 15.9. The van der Waals surface area contributed by atoms with Gasteiger partial charge in [-0.15, -0.1) is 0 Å². The largest absolute Gasteiger partial charge is 0.340 e. The number of aryl methyl sites for hydroxylation is 1. The SMILES string of the molecule is Cc1cc(Nc2cc(NC(=O)C(C)(C)C)nc(-c3ccccc3)n2)ccn1. The Morgan fingerprint density at radius 3 is 2.33 bits per heavy atom. The summed E-state index contributed by atoms with van der Waals surface area (Å²) in [6, 6.07) is 15.2. The topological polar surface area (TPSA) is 79.8 Å². The number of carbonyl (C=O) groups excluding carboxylic acids is 1. The van der Waals surface area contributed by atoms with Crippen LogP contribution in [0.25, 0.3) is 11.4 Å². The van der Waals surface area contributed by atoms with E-state index in [4.69, 9.17) is 0 Å². The maximum Gasteiger partial charge on any atom is 0.230 e. The Morgan fingerprint density at radius 1 is 0.963 bits per heavy atom. The van der Waals surface area contributed by atoms with Gasteiger partial charge in [-0.3, -0.25) is 9.78 Å². The van der Waals surface area contributed by atoms with Crippen LogP contribution < -0.4 is 10.6 Å². The second-order valence-electron chi connectivity index (χ2n) is 7.34. The zero-order valence-corrected chi connectivity index (χ0v) is 15.9. The molecule has 2 N–H and O–H groups in total. The lowest BCUT2D eigenvalue weighted by Crippen LogP contribution is -2.28. The number of hydrogen-bond acceptors (Lipinski definition) is 5. The molecule has 138 valence electrons. The summed E-state index contributed by atoms with van der Waals surface area (Å²) in [6.07, 6.45) is 1.74. The van der Waals surface area contributed by atoms with Gasteiger partial charge in [-0.25, -0.2) is 9.97 Å². The summed E-state index contributed by atoms with van der Waals surface area (Å²) in [6.45, 7) is 7.51. The van der Waals surface area contributed by atoms with Gasteiger partial charge in [0.15, 0.2) is 5.82 Å². The molecule has 1 aromatic carbocycles. The number of nitrogens with zero attached hydrogens (tertiary/aromatic N) is 3. The van der Waals surface area contributed by atoms with Crippen molar-refractivity contribution in [1.29, 1.82) is 0 Å². The molecule has 0 unspecified atom stereocenters. The van der Waals surface area contributed by atoms with Gasteiger partial charge in [0.05, 0.1) is 0 Å². The van der Waals surface area contributed by atoms with Crippen molar-refractivity contribution in [2.24, 2.45) is 5.41 Å². The van der Waals surface area contributed by atoms with E-state index in [0.29, 0.717) is 17.5 Å². The van der Waals surface area contributed by atoms with E-state index in [1.165, 1.54) is 0 Å². The Morgan fingerprint density at radius 2 is 1.67 bits per heavy atom. The molecule has 0 aliphatic heterocycles. The van der Waals surface area contributed by atoms with Crippen LogP contribution in [0.1, 0.15) is 26.5 Å². The lowest BCUT2D eigenvalue weighted by atomic mass is 9.96. The van der Waals surface area contributed by atoms with Gasteiger partial charge in [0, 0.05) is 34.6 Å². The van der Waals surface area contributed by atoms with Crippen molar-refractivity contribution in [2.45, 2.75) is 27.7 Å². The van der Waals surface area contributed by atoms with Crippen LogP contribution in [0.3, 0.4) is 0 Å². The summed E-state index contributed by atoms with van der Waals surface area (Å²) in [5, 5.41) is 6.15. The van der Waals surface area contributed by atoms with Crippen molar-refractivity contribution in [3.05, 3.63) is 60.4 Å². The molecule has 0 aliphatic carbocycles. The highest BCUT2D eigenvalue weighted by Gasteiger charge is 2.22. The van der Waals surface area contributed by atoms with Gasteiger partial charge in [-0.1, -0.05) is 51.1 Å². The highest BCUT2D eigenvalue weighted by molar-refractivity contribution is 5.94. The molecule has 2 heterocycles. The van der Waals surface area contributed by atoms with Crippen molar-refractivity contribution in [3.8, 4) is 11.4 Å². The Labute approximate surface area is 159 Å². The third kappa shape index (κ3) is 4.88. The first-order chi connectivity index (χ1) is 12.8. The summed E-state index contributed by atoms with van der Waals surface area (Å²) in [5.41, 5.74) is 2.12. The predicted octanol–water partition coefficient (Wildman–Crippen LogP) is 4.58. The molecule has 6 heteroatoms. The normalized spacial score (nSPS) is 11.1. The van der Waals surface area contributed by atoms with Crippen LogP contribution in [0.2, 0.25) is 0 Å². The smallest absolute Gasteiger partial charge is 0.230 e. The third-order valence-electron chi connectivity index (χ3n) is 3.85. The van der Waals surface area contributed by atoms with E-state index in [2.05, 4.69) is 25.6 Å². The Kier molecular flexibility index (Phi) is 5.16. The maximum absolute atomic E-state index is 12.4. The van der Waals surface area contributed by atoms with Crippen LogP contribution in [-0.2, 0) is 4.79 Å². The summed E-state index contributed by atoms with van der Waals surface area (Å²) in [7, 11) is 0. The van der Waals surface area contributed by atoms with Crippen LogP contribution in [0.15, 0.2) is 54.7 Å². The number of anilines is 3. The lowest BCUT2D eigenvalue weighted by molar-refractivity contribution is -0.123. The summed E-state index contributed by atoms with van der Waals surface area (Å²) >= 11 is 0. The maximum atomic E-state index is 12.4. The molecule has 0 atom stereocenters. The molecule has 0 fully saturated rings. The quantitative estimate of drug-likeness (QED) is 0.711. The van der Waals surface area contributed by atoms with E-state index in [1.807, 2.05) is 70.2 Å². The Hall–Kier alpha value is -3.28. The molecule has 2 aromatic heterocycles. The predicted molar refractivity (Wildman–Crippen MR) is 108 cm³/mol. The molecule has 0 radical (unpaired) electrons. The molecule has 3 aromatic rings. The van der Waals surface area contributed by atoms with Crippen LogP contribution in [0, 0.1) is 12.3 Å².